The molecule has 5 heteroatoms. The molecule has 0 aromatic heterocycles. The molecule has 1 saturated heterocycles. The topological polar surface area (TPSA) is 60.1 Å². The van der Waals surface area contributed by atoms with E-state index in [1.54, 1.807) is 0 Å². The lowest BCUT2D eigenvalue weighted by molar-refractivity contribution is 0.174. The summed E-state index contributed by atoms with van der Waals surface area (Å²) >= 11 is 0. The molecule has 0 spiro atoms. The first-order valence-corrected chi connectivity index (χ1v) is 8.76. The van der Waals surface area contributed by atoms with E-state index in [4.69, 9.17) is 20.2 Å². The van der Waals surface area contributed by atoms with Crippen molar-refractivity contribution >= 4 is 11.4 Å². The molecule has 0 aliphatic carbocycles. The molecule has 128 valence electrons. The van der Waals surface area contributed by atoms with E-state index in [-0.39, 0.29) is 6.79 Å². The number of para-hydroxylation sites is 1. The van der Waals surface area contributed by atoms with E-state index in [2.05, 4.69) is 30.1 Å². The lowest BCUT2D eigenvalue weighted by Gasteiger charge is -2.39. The SMILES string of the molecule is CN1CC[C@H]2N=C(c3ccccc3N)c3cc4c(cc3[C@H]2C1)OCO4. The van der Waals surface area contributed by atoms with E-state index in [1.807, 2.05) is 18.2 Å². The summed E-state index contributed by atoms with van der Waals surface area (Å²) in [6.07, 6.45) is 1.06. The fraction of sp³-hybridized carbons (Fsp3) is 0.350. The van der Waals surface area contributed by atoms with Crippen LogP contribution in [-0.2, 0) is 0 Å². The minimum Gasteiger partial charge on any atom is -0.454 e. The Bertz CT molecular complexity index is 877. The van der Waals surface area contributed by atoms with Gasteiger partial charge in [-0.05, 0) is 43.8 Å². The Morgan fingerprint density at radius 3 is 2.76 bits per heavy atom. The van der Waals surface area contributed by atoms with Crippen molar-refractivity contribution in [3.8, 4) is 11.5 Å². The number of nitrogen functional groups attached to an aromatic ring is 1. The average molecular weight is 335 g/mol. The molecule has 2 atom stereocenters. The number of likely N-dealkylation sites (N-methyl/N-ethyl adjacent to an activating group) is 1. The Balaban J connectivity index is 1.71. The predicted octanol–water partition coefficient (Wildman–Crippen LogP) is 2.64. The van der Waals surface area contributed by atoms with Gasteiger partial charge in [0.15, 0.2) is 11.5 Å². The number of hydrogen-bond acceptors (Lipinski definition) is 5. The second-order valence-electron chi connectivity index (χ2n) is 7.08. The van der Waals surface area contributed by atoms with Crippen molar-refractivity contribution in [2.45, 2.75) is 18.4 Å². The number of rotatable bonds is 1. The number of fused-ring (bicyclic) bond motifs is 4. The Labute approximate surface area is 147 Å². The summed E-state index contributed by atoms with van der Waals surface area (Å²) in [6.45, 7) is 2.37. The van der Waals surface area contributed by atoms with Gasteiger partial charge in [-0.1, -0.05) is 18.2 Å². The molecule has 5 nitrogen and oxygen atoms in total. The summed E-state index contributed by atoms with van der Waals surface area (Å²) in [5, 5.41) is 0. The van der Waals surface area contributed by atoms with Gasteiger partial charge in [0.05, 0.1) is 11.8 Å². The molecule has 0 saturated carbocycles. The largest absolute Gasteiger partial charge is 0.454 e. The Morgan fingerprint density at radius 2 is 1.92 bits per heavy atom. The highest BCUT2D eigenvalue weighted by Gasteiger charge is 2.37. The zero-order valence-electron chi connectivity index (χ0n) is 14.2. The molecular weight excluding hydrogens is 314 g/mol. The van der Waals surface area contributed by atoms with Gasteiger partial charge in [-0.3, -0.25) is 4.99 Å². The number of likely N-dealkylation sites (tertiary alicyclic amines) is 1. The van der Waals surface area contributed by atoms with Crippen molar-refractivity contribution in [1.29, 1.82) is 0 Å². The van der Waals surface area contributed by atoms with Gasteiger partial charge in [0, 0.05) is 29.3 Å². The molecule has 0 radical (unpaired) electrons. The zero-order valence-corrected chi connectivity index (χ0v) is 14.2. The van der Waals surface area contributed by atoms with E-state index in [0.29, 0.717) is 12.0 Å². The van der Waals surface area contributed by atoms with E-state index in [1.165, 1.54) is 5.56 Å². The van der Waals surface area contributed by atoms with Crippen molar-refractivity contribution in [2.75, 3.05) is 32.7 Å². The average Bonchev–Trinajstić information content (AvgIpc) is 3.08. The van der Waals surface area contributed by atoms with Crippen molar-refractivity contribution in [2.24, 2.45) is 4.99 Å². The van der Waals surface area contributed by atoms with Crippen LogP contribution in [-0.4, -0.2) is 43.6 Å². The maximum atomic E-state index is 6.27. The number of piperidine rings is 1. The summed E-state index contributed by atoms with van der Waals surface area (Å²) in [5.41, 5.74) is 11.4. The van der Waals surface area contributed by atoms with Gasteiger partial charge in [0.25, 0.3) is 0 Å². The molecule has 2 aromatic rings. The first kappa shape index (κ1) is 14.8. The fourth-order valence-electron chi connectivity index (χ4n) is 4.19. The number of nitrogens with zero attached hydrogens (tertiary/aromatic N) is 2. The van der Waals surface area contributed by atoms with Crippen molar-refractivity contribution in [3.63, 3.8) is 0 Å². The molecule has 25 heavy (non-hydrogen) atoms. The number of anilines is 1. The van der Waals surface area contributed by atoms with Crippen molar-refractivity contribution < 1.29 is 9.47 Å². The quantitative estimate of drug-likeness (QED) is 0.814. The highest BCUT2D eigenvalue weighted by atomic mass is 16.7. The van der Waals surface area contributed by atoms with Crippen molar-refractivity contribution in [1.82, 2.24) is 4.90 Å². The van der Waals surface area contributed by atoms with Crippen LogP contribution < -0.4 is 15.2 Å². The molecule has 5 rings (SSSR count). The number of aliphatic imine (C=N–C) groups is 1. The maximum Gasteiger partial charge on any atom is 0.231 e. The standard InChI is InChI=1S/C20H21N3O2/c1-23-7-6-17-15(10-23)13-8-18-19(25-11-24-18)9-14(13)20(22-17)12-4-2-3-5-16(12)21/h2-5,8-9,15,17H,6-7,10-11,21H2,1H3/t15-,17-/m1/s1. The van der Waals surface area contributed by atoms with Crippen LogP contribution in [0.25, 0.3) is 0 Å². The van der Waals surface area contributed by atoms with Gasteiger partial charge in [-0.15, -0.1) is 0 Å². The maximum absolute atomic E-state index is 6.27. The molecule has 3 aliphatic heterocycles. The van der Waals surface area contributed by atoms with Crippen LogP contribution in [0.1, 0.15) is 29.0 Å². The fourth-order valence-corrected chi connectivity index (χ4v) is 4.19. The van der Waals surface area contributed by atoms with Gasteiger partial charge >= 0.3 is 0 Å². The molecule has 3 aliphatic rings. The van der Waals surface area contributed by atoms with Crippen LogP contribution in [0.15, 0.2) is 41.4 Å². The predicted molar refractivity (Wildman–Crippen MR) is 97.7 cm³/mol. The van der Waals surface area contributed by atoms with Crippen molar-refractivity contribution in [3.05, 3.63) is 53.1 Å². The third-order valence-electron chi connectivity index (χ3n) is 5.49. The molecule has 0 amide bonds. The van der Waals surface area contributed by atoms with E-state index in [0.717, 1.165) is 53.5 Å². The molecule has 0 bridgehead atoms. The Kier molecular flexibility index (Phi) is 3.25. The monoisotopic (exact) mass is 335 g/mol. The van der Waals surface area contributed by atoms with Gasteiger partial charge in [0.1, 0.15) is 0 Å². The summed E-state index contributed by atoms with van der Waals surface area (Å²) in [4.78, 5) is 7.53. The van der Waals surface area contributed by atoms with Crippen LogP contribution in [0.2, 0.25) is 0 Å². The molecule has 0 unspecified atom stereocenters. The highest BCUT2D eigenvalue weighted by Crippen LogP contribution is 2.43. The molecule has 2 N–H and O–H groups in total. The third kappa shape index (κ3) is 2.30. The van der Waals surface area contributed by atoms with E-state index >= 15 is 0 Å². The second kappa shape index (κ2) is 5.49. The van der Waals surface area contributed by atoms with Gasteiger partial charge < -0.3 is 20.1 Å². The first-order chi connectivity index (χ1) is 12.2. The van der Waals surface area contributed by atoms with Gasteiger partial charge in [0.2, 0.25) is 6.79 Å². The number of benzene rings is 2. The minimum absolute atomic E-state index is 0.284. The Hall–Kier alpha value is -2.53. The number of hydrogen-bond donors (Lipinski definition) is 1. The zero-order chi connectivity index (χ0) is 17.0. The molecular formula is C20H21N3O2. The van der Waals surface area contributed by atoms with Gasteiger partial charge in [-0.2, -0.15) is 0 Å². The number of ether oxygens (including phenoxy) is 2. The van der Waals surface area contributed by atoms with E-state index < -0.39 is 0 Å². The lowest BCUT2D eigenvalue weighted by atomic mass is 9.79. The Morgan fingerprint density at radius 1 is 1.12 bits per heavy atom. The lowest BCUT2D eigenvalue weighted by Crippen LogP contribution is -2.41. The van der Waals surface area contributed by atoms with E-state index in [9.17, 15) is 0 Å². The first-order valence-electron chi connectivity index (χ1n) is 8.76. The van der Waals surface area contributed by atoms with Gasteiger partial charge in [-0.25, -0.2) is 0 Å². The smallest absolute Gasteiger partial charge is 0.231 e. The van der Waals surface area contributed by atoms with Crippen LogP contribution in [0.3, 0.4) is 0 Å². The van der Waals surface area contributed by atoms with Crippen LogP contribution in [0.4, 0.5) is 5.69 Å². The number of nitrogens with two attached hydrogens (primary N) is 1. The third-order valence-corrected chi connectivity index (χ3v) is 5.49. The highest BCUT2D eigenvalue weighted by molar-refractivity contribution is 6.17. The minimum atomic E-state index is 0.284. The van der Waals surface area contributed by atoms with Crippen LogP contribution >= 0.6 is 0 Å². The summed E-state index contributed by atoms with van der Waals surface area (Å²) in [6, 6.07) is 12.5. The van der Waals surface area contributed by atoms with Crippen LogP contribution in [0, 0.1) is 0 Å². The molecule has 1 fully saturated rings. The summed E-state index contributed by atoms with van der Waals surface area (Å²) in [7, 11) is 2.18. The van der Waals surface area contributed by atoms with Crippen LogP contribution in [0.5, 0.6) is 11.5 Å². The summed E-state index contributed by atoms with van der Waals surface area (Å²) < 4.78 is 11.3. The summed E-state index contributed by atoms with van der Waals surface area (Å²) in [5.74, 6) is 2.02. The molecule has 3 heterocycles. The second-order valence-corrected chi connectivity index (χ2v) is 7.08. The molecule has 2 aromatic carbocycles. The normalized spacial score (nSPS) is 24.4.